The molecule has 0 aromatic heterocycles. The molecule has 90 valence electrons. The second-order valence-electron chi connectivity index (χ2n) is 5.03. The molecule has 0 unspecified atom stereocenters. The van der Waals surface area contributed by atoms with Gasteiger partial charge in [-0.15, -0.1) is 11.8 Å². The van der Waals surface area contributed by atoms with Gasteiger partial charge in [-0.2, -0.15) is 0 Å². The number of nitrogens with zero attached hydrogens (tertiary/aromatic N) is 1. The molecular weight excluding hydrogens is 222 g/mol. The van der Waals surface area contributed by atoms with Crippen molar-refractivity contribution in [3.8, 4) is 0 Å². The Bertz CT molecular complexity index is 325. The molecule has 4 heteroatoms. The van der Waals surface area contributed by atoms with Crippen LogP contribution >= 0.6 is 11.8 Å². The van der Waals surface area contributed by atoms with Crippen molar-refractivity contribution >= 4 is 17.7 Å². The van der Waals surface area contributed by atoms with Crippen molar-refractivity contribution in [1.29, 1.82) is 0 Å². The monoisotopic (exact) mass is 241 g/mol. The maximum atomic E-state index is 11.4. The Balaban J connectivity index is 2.21. The Hall–Kier alpha value is -0.640. The van der Waals surface area contributed by atoms with E-state index in [9.17, 15) is 9.90 Å². The Labute approximate surface area is 101 Å². The van der Waals surface area contributed by atoms with Crippen LogP contribution < -0.4 is 0 Å². The molecule has 1 atom stereocenters. The van der Waals surface area contributed by atoms with Gasteiger partial charge in [0.1, 0.15) is 6.04 Å². The molecule has 0 bridgehead atoms. The van der Waals surface area contributed by atoms with Gasteiger partial charge in [0.25, 0.3) is 0 Å². The minimum absolute atomic E-state index is 0.190. The summed E-state index contributed by atoms with van der Waals surface area (Å²) < 4.78 is -0.190. The molecule has 16 heavy (non-hydrogen) atoms. The molecule has 1 saturated heterocycles. The molecule has 0 aromatic rings. The fraction of sp³-hybridized carbons (Fsp3) is 0.750. The minimum Gasteiger partial charge on any atom is -0.480 e. The Morgan fingerprint density at radius 3 is 2.88 bits per heavy atom. The van der Waals surface area contributed by atoms with Gasteiger partial charge < -0.3 is 10.0 Å². The molecule has 2 rings (SSSR count). The lowest BCUT2D eigenvalue weighted by Gasteiger charge is -2.32. The Kier molecular flexibility index (Phi) is 3.19. The Morgan fingerprint density at radius 1 is 1.56 bits per heavy atom. The highest BCUT2D eigenvalue weighted by molar-refractivity contribution is 8.00. The number of allylic oxidation sites excluding steroid dienone is 2. The largest absolute Gasteiger partial charge is 0.480 e. The topological polar surface area (TPSA) is 40.5 Å². The molecule has 0 aromatic carbocycles. The quantitative estimate of drug-likeness (QED) is 0.807. The number of aliphatic carboxylic acids is 1. The molecule has 0 saturated carbocycles. The molecule has 0 amide bonds. The summed E-state index contributed by atoms with van der Waals surface area (Å²) in [4.78, 5) is 13.5. The summed E-state index contributed by atoms with van der Waals surface area (Å²) in [6.07, 6.45) is 6.80. The summed E-state index contributed by atoms with van der Waals surface area (Å²) in [5.41, 5.74) is 1.25. The number of thioether (sulfide) groups is 1. The number of hydrogen-bond donors (Lipinski definition) is 1. The number of carbonyl (C=O) groups is 1. The molecule has 1 aliphatic heterocycles. The van der Waals surface area contributed by atoms with E-state index in [4.69, 9.17) is 0 Å². The van der Waals surface area contributed by atoms with Crippen LogP contribution in [0, 0.1) is 0 Å². The zero-order valence-electron chi connectivity index (χ0n) is 9.90. The highest BCUT2D eigenvalue weighted by atomic mass is 32.2. The van der Waals surface area contributed by atoms with Gasteiger partial charge in [0, 0.05) is 10.4 Å². The van der Waals surface area contributed by atoms with Crippen molar-refractivity contribution in [2.24, 2.45) is 0 Å². The average molecular weight is 241 g/mol. The van der Waals surface area contributed by atoms with E-state index in [2.05, 4.69) is 11.0 Å². The van der Waals surface area contributed by atoms with Gasteiger partial charge in [-0.05, 0) is 39.5 Å². The normalized spacial score (nSPS) is 29.0. The van der Waals surface area contributed by atoms with Crippen molar-refractivity contribution in [2.45, 2.75) is 50.3 Å². The van der Waals surface area contributed by atoms with Crippen molar-refractivity contribution in [1.82, 2.24) is 4.90 Å². The summed E-state index contributed by atoms with van der Waals surface area (Å²) in [6, 6.07) is -0.373. The maximum absolute atomic E-state index is 11.4. The first-order valence-corrected chi connectivity index (χ1v) is 6.83. The first-order valence-electron chi connectivity index (χ1n) is 5.85. The summed E-state index contributed by atoms with van der Waals surface area (Å²) in [5.74, 6) is 0.122. The molecule has 0 radical (unpaired) electrons. The third kappa shape index (κ3) is 2.08. The van der Waals surface area contributed by atoms with E-state index in [-0.39, 0.29) is 10.8 Å². The van der Waals surface area contributed by atoms with Crippen LogP contribution in [0.4, 0.5) is 0 Å². The average Bonchev–Trinajstić information content (AvgIpc) is 2.55. The van der Waals surface area contributed by atoms with Crippen LogP contribution in [0.15, 0.2) is 11.8 Å². The van der Waals surface area contributed by atoms with Gasteiger partial charge in [-0.3, -0.25) is 0 Å². The van der Waals surface area contributed by atoms with E-state index in [1.165, 1.54) is 18.5 Å². The van der Waals surface area contributed by atoms with Crippen LogP contribution in [0.5, 0.6) is 0 Å². The van der Waals surface area contributed by atoms with Crippen molar-refractivity contribution < 1.29 is 9.90 Å². The molecule has 3 nitrogen and oxygen atoms in total. The second-order valence-corrected chi connectivity index (χ2v) is 6.63. The summed E-state index contributed by atoms with van der Waals surface area (Å²) in [6.45, 7) is 4.06. The molecule has 1 aliphatic carbocycles. The SMILES string of the molecule is CC1(C)SCN(C2=CCCCC2)[C@@H]1C(=O)O. The third-order valence-electron chi connectivity index (χ3n) is 3.42. The first kappa shape index (κ1) is 11.8. The second kappa shape index (κ2) is 4.32. The predicted octanol–water partition coefficient (Wildman–Crippen LogP) is 2.68. The third-order valence-corrected chi connectivity index (χ3v) is 4.79. The highest BCUT2D eigenvalue weighted by Gasteiger charge is 2.46. The molecule has 1 fully saturated rings. The zero-order valence-corrected chi connectivity index (χ0v) is 10.7. The van der Waals surface area contributed by atoms with Crippen LogP contribution in [-0.2, 0) is 4.79 Å². The fourth-order valence-electron chi connectivity index (χ4n) is 2.53. The van der Waals surface area contributed by atoms with Gasteiger partial charge in [-0.1, -0.05) is 6.08 Å². The smallest absolute Gasteiger partial charge is 0.327 e. The van der Waals surface area contributed by atoms with E-state index in [0.29, 0.717) is 0 Å². The predicted molar refractivity (Wildman–Crippen MR) is 66.4 cm³/mol. The van der Waals surface area contributed by atoms with E-state index < -0.39 is 5.97 Å². The molecule has 1 N–H and O–H groups in total. The summed E-state index contributed by atoms with van der Waals surface area (Å²) in [5, 5.41) is 9.37. The van der Waals surface area contributed by atoms with Gasteiger partial charge in [0.15, 0.2) is 0 Å². The van der Waals surface area contributed by atoms with Crippen LogP contribution in [-0.4, -0.2) is 32.6 Å². The van der Waals surface area contributed by atoms with Crippen LogP contribution in [0.25, 0.3) is 0 Å². The number of rotatable bonds is 2. The molecular formula is C12H19NO2S. The lowest BCUT2D eigenvalue weighted by atomic mass is 9.98. The first-order chi connectivity index (χ1) is 7.52. The van der Waals surface area contributed by atoms with Crippen LogP contribution in [0.1, 0.15) is 39.5 Å². The fourth-order valence-corrected chi connectivity index (χ4v) is 3.70. The number of carboxylic acid groups (broad SMARTS) is 1. The van der Waals surface area contributed by atoms with E-state index in [1.54, 1.807) is 11.8 Å². The van der Waals surface area contributed by atoms with Gasteiger partial charge in [-0.25, -0.2) is 4.79 Å². The van der Waals surface area contributed by atoms with Crippen molar-refractivity contribution in [3.63, 3.8) is 0 Å². The summed E-state index contributed by atoms with van der Waals surface area (Å²) in [7, 11) is 0. The van der Waals surface area contributed by atoms with Crippen molar-refractivity contribution in [2.75, 3.05) is 5.88 Å². The van der Waals surface area contributed by atoms with E-state index >= 15 is 0 Å². The zero-order chi connectivity index (χ0) is 11.8. The van der Waals surface area contributed by atoms with Crippen LogP contribution in [0.3, 0.4) is 0 Å². The van der Waals surface area contributed by atoms with Gasteiger partial charge in [0.2, 0.25) is 0 Å². The maximum Gasteiger partial charge on any atom is 0.327 e. The lowest BCUT2D eigenvalue weighted by Crippen LogP contribution is -2.45. The van der Waals surface area contributed by atoms with Gasteiger partial charge >= 0.3 is 5.97 Å². The van der Waals surface area contributed by atoms with Crippen LogP contribution in [0.2, 0.25) is 0 Å². The van der Waals surface area contributed by atoms with E-state index in [1.807, 2.05) is 13.8 Å². The lowest BCUT2D eigenvalue weighted by molar-refractivity contribution is -0.142. The minimum atomic E-state index is -0.693. The highest BCUT2D eigenvalue weighted by Crippen LogP contribution is 2.42. The number of carboxylic acids is 1. The van der Waals surface area contributed by atoms with Crippen molar-refractivity contribution in [3.05, 3.63) is 11.8 Å². The molecule has 0 spiro atoms. The Morgan fingerprint density at radius 2 is 2.31 bits per heavy atom. The number of hydrogen-bond acceptors (Lipinski definition) is 3. The van der Waals surface area contributed by atoms with E-state index in [0.717, 1.165) is 18.7 Å². The summed E-state index contributed by atoms with van der Waals surface area (Å²) >= 11 is 1.74. The molecule has 1 heterocycles. The van der Waals surface area contributed by atoms with Gasteiger partial charge in [0.05, 0.1) is 5.88 Å². The standard InChI is InChI=1S/C12H19NO2S/c1-12(2)10(11(14)15)13(8-16-12)9-6-4-3-5-7-9/h6,10H,3-5,7-8H2,1-2H3,(H,14,15)/t10-/m1/s1. The molecule has 2 aliphatic rings.